The standard InChI is InChI=1S/C27H27ClN4O3/c1-3-10-30-27-18(2)4-5-21-16-23(28)24(32(34)35)17-22(21)26(27)20-8-13-31(14-9-20)25(33)15-19-6-11-29-12-7-19/h3,6-7,10-12,16-17H,2,4-5,8-9,13-15H2,1H3/b10-3-,30-27?. The molecule has 180 valence electrons. The van der Waals surface area contributed by atoms with Crippen LogP contribution in [-0.2, 0) is 17.6 Å². The number of benzene rings is 1. The van der Waals surface area contributed by atoms with Gasteiger partial charge in [-0.2, -0.15) is 0 Å². The number of allylic oxidation sites excluding steroid dienone is 3. The highest BCUT2D eigenvalue weighted by atomic mass is 35.5. The highest BCUT2D eigenvalue weighted by Crippen LogP contribution is 2.40. The van der Waals surface area contributed by atoms with Gasteiger partial charge in [0.1, 0.15) is 5.02 Å². The molecule has 1 saturated heterocycles. The fourth-order valence-electron chi connectivity index (χ4n) is 4.62. The number of carbonyl (C=O) groups excluding carboxylic acids is 1. The summed E-state index contributed by atoms with van der Waals surface area (Å²) >= 11 is 6.25. The Balaban J connectivity index is 1.71. The van der Waals surface area contributed by atoms with Crippen molar-refractivity contribution in [1.82, 2.24) is 9.88 Å². The summed E-state index contributed by atoms with van der Waals surface area (Å²) < 4.78 is 0. The molecule has 0 bridgehead atoms. The Kier molecular flexibility index (Phi) is 7.56. The molecule has 0 unspecified atom stereocenters. The number of likely N-dealkylation sites (tertiary alicyclic amines) is 1. The van der Waals surface area contributed by atoms with Crippen LogP contribution >= 0.6 is 11.6 Å². The number of hydrogen-bond acceptors (Lipinski definition) is 5. The molecule has 4 rings (SSSR count). The van der Waals surface area contributed by atoms with Gasteiger partial charge in [0.05, 0.1) is 17.1 Å². The van der Waals surface area contributed by atoms with Crippen molar-refractivity contribution >= 4 is 34.5 Å². The molecule has 8 heteroatoms. The summed E-state index contributed by atoms with van der Waals surface area (Å²) in [5.74, 6) is 0.0798. The maximum atomic E-state index is 12.9. The van der Waals surface area contributed by atoms with Gasteiger partial charge in [0.15, 0.2) is 0 Å². The number of nitrogens with zero attached hydrogens (tertiary/aromatic N) is 4. The van der Waals surface area contributed by atoms with E-state index in [0.717, 1.165) is 39.1 Å². The molecule has 2 aromatic rings. The minimum Gasteiger partial charge on any atom is -0.342 e. The number of aliphatic imine (C=N–C) groups is 1. The second kappa shape index (κ2) is 10.8. The molecule has 1 aliphatic carbocycles. The molecule has 2 aliphatic rings. The molecule has 1 aliphatic heterocycles. The highest BCUT2D eigenvalue weighted by Gasteiger charge is 2.29. The van der Waals surface area contributed by atoms with Gasteiger partial charge in [-0.25, -0.2) is 0 Å². The second-order valence-electron chi connectivity index (χ2n) is 8.67. The predicted octanol–water partition coefficient (Wildman–Crippen LogP) is 5.74. The summed E-state index contributed by atoms with van der Waals surface area (Å²) in [7, 11) is 0. The number of fused-ring (bicyclic) bond motifs is 1. The Morgan fingerprint density at radius 1 is 1.23 bits per heavy atom. The van der Waals surface area contributed by atoms with E-state index in [1.165, 1.54) is 0 Å². The molecule has 1 aromatic carbocycles. The van der Waals surface area contributed by atoms with Crippen LogP contribution in [0.4, 0.5) is 5.69 Å². The lowest BCUT2D eigenvalue weighted by atomic mass is 9.87. The average molecular weight is 491 g/mol. The zero-order valence-electron chi connectivity index (χ0n) is 19.7. The van der Waals surface area contributed by atoms with Gasteiger partial charge in [-0.05, 0) is 73.1 Å². The maximum absolute atomic E-state index is 12.9. The number of piperidine rings is 1. The number of pyridine rings is 1. The molecule has 1 aromatic heterocycles. The van der Waals surface area contributed by atoms with Crippen LogP contribution in [0, 0.1) is 10.1 Å². The van der Waals surface area contributed by atoms with E-state index in [0.29, 0.717) is 45.2 Å². The molecule has 0 N–H and O–H groups in total. The summed E-state index contributed by atoms with van der Waals surface area (Å²) in [6.07, 6.45) is 9.98. The zero-order chi connectivity index (χ0) is 24.9. The molecule has 0 radical (unpaired) electrons. The monoisotopic (exact) mass is 490 g/mol. The van der Waals surface area contributed by atoms with Gasteiger partial charge >= 0.3 is 0 Å². The van der Waals surface area contributed by atoms with Gasteiger partial charge < -0.3 is 4.90 Å². The third-order valence-electron chi connectivity index (χ3n) is 6.44. The zero-order valence-corrected chi connectivity index (χ0v) is 20.4. The summed E-state index contributed by atoms with van der Waals surface area (Å²) in [4.78, 5) is 34.7. The van der Waals surface area contributed by atoms with Gasteiger partial charge in [-0.3, -0.25) is 24.9 Å². The lowest BCUT2D eigenvalue weighted by Gasteiger charge is -2.30. The summed E-state index contributed by atoms with van der Waals surface area (Å²) in [6.45, 7) is 7.32. The number of aryl methyl sites for hydroxylation is 1. The molecule has 2 heterocycles. The summed E-state index contributed by atoms with van der Waals surface area (Å²) in [5.41, 5.74) is 6.21. The average Bonchev–Trinajstić information content (AvgIpc) is 2.98. The Morgan fingerprint density at radius 3 is 2.60 bits per heavy atom. The van der Waals surface area contributed by atoms with Gasteiger partial charge in [0, 0.05) is 43.3 Å². The largest absolute Gasteiger partial charge is 0.342 e. The predicted molar refractivity (Wildman–Crippen MR) is 138 cm³/mol. The van der Waals surface area contributed by atoms with Crippen molar-refractivity contribution in [3.63, 3.8) is 0 Å². The number of rotatable bonds is 4. The fourth-order valence-corrected chi connectivity index (χ4v) is 4.87. The van der Waals surface area contributed by atoms with E-state index in [4.69, 9.17) is 16.6 Å². The smallest absolute Gasteiger partial charge is 0.288 e. The molecule has 7 nitrogen and oxygen atoms in total. The van der Waals surface area contributed by atoms with Crippen LogP contribution < -0.4 is 0 Å². The van der Waals surface area contributed by atoms with Crippen LogP contribution in [0.1, 0.15) is 42.9 Å². The van der Waals surface area contributed by atoms with E-state index in [1.54, 1.807) is 30.7 Å². The number of hydrogen-bond donors (Lipinski definition) is 0. The van der Waals surface area contributed by atoms with E-state index in [-0.39, 0.29) is 16.6 Å². The Labute approximate surface area is 209 Å². The van der Waals surface area contributed by atoms with E-state index >= 15 is 0 Å². The van der Waals surface area contributed by atoms with Crippen molar-refractivity contribution < 1.29 is 9.72 Å². The number of carbonyl (C=O) groups is 1. The number of halogens is 1. The first-order valence-electron chi connectivity index (χ1n) is 11.6. The minimum atomic E-state index is -0.451. The molecule has 35 heavy (non-hydrogen) atoms. The first-order valence-corrected chi connectivity index (χ1v) is 12.0. The molecular formula is C27H27ClN4O3. The van der Waals surface area contributed by atoms with Gasteiger partial charge in [-0.1, -0.05) is 29.8 Å². The molecule has 0 saturated carbocycles. The van der Waals surface area contributed by atoms with Gasteiger partial charge in [-0.15, -0.1) is 0 Å². The third-order valence-corrected chi connectivity index (χ3v) is 6.74. The fraction of sp³-hybridized carbons (Fsp3) is 0.296. The van der Waals surface area contributed by atoms with Crippen LogP contribution in [0.2, 0.25) is 5.02 Å². The van der Waals surface area contributed by atoms with Crippen molar-refractivity contribution in [2.45, 2.75) is 39.0 Å². The quantitative estimate of drug-likeness (QED) is 0.310. The first-order chi connectivity index (χ1) is 16.9. The van der Waals surface area contributed by atoms with Gasteiger partial charge in [0.2, 0.25) is 5.91 Å². The summed E-state index contributed by atoms with van der Waals surface area (Å²) in [5, 5.41) is 11.8. The maximum Gasteiger partial charge on any atom is 0.288 e. The highest BCUT2D eigenvalue weighted by molar-refractivity contribution is 6.35. The lowest BCUT2D eigenvalue weighted by molar-refractivity contribution is -0.384. The van der Waals surface area contributed by atoms with E-state index in [2.05, 4.69) is 11.6 Å². The van der Waals surface area contributed by atoms with Crippen LogP contribution in [0.15, 0.2) is 71.7 Å². The molecule has 1 fully saturated rings. The van der Waals surface area contributed by atoms with Crippen LogP contribution in [0.25, 0.3) is 5.57 Å². The molecular weight excluding hydrogens is 464 g/mol. The third kappa shape index (κ3) is 5.41. The van der Waals surface area contributed by atoms with E-state index in [1.807, 2.05) is 30.0 Å². The molecule has 0 spiro atoms. The van der Waals surface area contributed by atoms with Gasteiger partial charge in [0.25, 0.3) is 5.69 Å². The van der Waals surface area contributed by atoms with E-state index in [9.17, 15) is 14.9 Å². The van der Waals surface area contributed by atoms with Crippen LogP contribution in [-0.4, -0.2) is 39.5 Å². The minimum absolute atomic E-state index is 0.0798. The van der Waals surface area contributed by atoms with Crippen LogP contribution in [0.5, 0.6) is 0 Å². The first kappa shape index (κ1) is 24.5. The van der Waals surface area contributed by atoms with Crippen molar-refractivity contribution in [2.24, 2.45) is 4.99 Å². The Bertz CT molecular complexity index is 1250. The van der Waals surface area contributed by atoms with Crippen molar-refractivity contribution in [1.29, 1.82) is 0 Å². The lowest BCUT2D eigenvalue weighted by Crippen LogP contribution is -2.37. The van der Waals surface area contributed by atoms with Crippen molar-refractivity contribution in [3.8, 4) is 0 Å². The van der Waals surface area contributed by atoms with Crippen molar-refractivity contribution in [2.75, 3.05) is 13.1 Å². The number of nitro groups is 1. The summed E-state index contributed by atoms with van der Waals surface area (Å²) in [6, 6.07) is 6.98. The Morgan fingerprint density at radius 2 is 1.94 bits per heavy atom. The second-order valence-corrected chi connectivity index (χ2v) is 9.08. The van der Waals surface area contributed by atoms with Crippen molar-refractivity contribution in [3.05, 3.63) is 98.5 Å². The Hall–Kier alpha value is -3.58. The van der Waals surface area contributed by atoms with Crippen LogP contribution in [0.3, 0.4) is 0 Å². The number of aromatic nitrogens is 1. The SMILES string of the molecule is C=C1CCc2cc(Cl)c([N+](=O)[O-])cc2C(=C2CCN(C(=O)Cc3ccncc3)CC2)C1=N/C=C\C. The molecule has 0 atom stereocenters. The topological polar surface area (TPSA) is 88.7 Å². The van der Waals surface area contributed by atoms with E-state index < -0.39 is 4.92 Å². The number of amides is 1. The number of nitro benzene ring substituents is 1. The molecule has 1 amide bonds. The normalized spacial score (nSPS) is 17.6.